The summed E-state index contributed by atoms with van der Waals surface area (Å²) in [5.41, 5.74) is 1.64. The number of amides is 1. The van der Waals surface area contributed by atoms with Crippen LogP contribution in [0, 0.1) is 6.92 Å². The number of hydrogen-bond acceptors (Lipinski definition) is 3. The Balaban J connectivity index is 2.55. The molecule has 1 heterocycles. The van der Waals surface area contributed by atoms with Crippen LogP contribution in [0.15, 0.2) is 18.2 Å². The van der Waals surface area contributed by atoms with Gasteiger partial charge in [0.2, 0.25) is 0 Å². The van der Waals surface area contributed by atoms with Gasteiger partial charge in [-0.1, -0.05) is 0 Å². The molecule has 2 rings (SSSR count). The van der Waals surface area contributed by atoms with Gasteiger partial charge in [-0.2, -0.15) is 0 Å². The summed E-state index contributed by atoms with van der Waals surface area (Å²) in [6.07, 6.45) is 0. The zero-order chi connectivity index (χ0) is 10.1. The highest BCUT2D eigenvalue weighted by Crippen LogP contribution is 2.22. The van der Waals surface area contributed by atoms with Gasteiger partial charge < -0.3 is 5.32 Å². The van der Waals surface area contributed by atoms with E-state index in [0.717, 1.165) is 15.2 Å². The van der Waals surface area contributed by atoms with E-state index in [-0.39, 0.29) is 5.91 Å². The molecule has 1 aromatic carbocycles. The van der Waals surface area contributed by atoms with Gasteiger partial charge in [0, 0.05) is 12.6 Å². The number of rotatable bonds is 1. The Kier molecular flexibility index (Phi) is 2.21. The zero-order valence-corrected chi connectivity index (χ0v) is 8.81. The molecule has 1 aromatic heterocycles. The van der Waals surface area contributed by atoms with Gasteiger partial charge >= 0.3 is 0 Å². The molecule has 0 unspecified atom stereocenters. The predicted octanol–water partition coefficient (Wildman–Crippen LogP) is 1.96. The van der Waals surface area contributed by atoms with Crippen LogP contribution in [0.5, 0.6) is 0 Å². The topological polar surface area (TPSA) is 42.0 Å². The number of nitrogens with one attached hydrogen (secondary N) is 1. The number of thiazole rings is 1. The summed E-state index contributed by atoms with van der Waals surface area (Å²) in [4.78, 5) is 15.7. The molecule has 3 nitrogen and oxygen atoms in total. The van der Waals surface area contributed by atoms with Crippen molar-refractivity contribution in [3.05, 3.63) is 28.8 Å². The van der Waals surface area contributed by atoms with Gasteiger partial charge in [-0.25, -0.2) is 4.98 Å². The first kappa shape index (κ1) is 9.15. The van der Waals surface area contributed by atoms with E-state index in [1.807, 2.05) is 19.1 Å². The Hall–Kier alpha value is -1.42. The highest BCUT2D eigenvalue weighted by Gasteiger charge is 2.06. The van der Waals surface area contributed by atoms with E-state index in [1.165, 1.54) is 0 Å². The molecular formula is C10H10N2OS. The van der Waals surface area contributed by atoms with Crippen LogP contribution in [-0.2, 0) is 0 Å². The molecule has 0 aliphatic carbocycles. The van der Waals surface area contributed by atoms with E-state index in [0.29, 0.717) is 5.56 Å². The third kappa shape index (κ3) is 1.48. The molecule has 0 fully saturated rings. The maximum absolute atomic E-state index is 11.3. The molecule has 1 amide bonds. The van der Waals surface area contributed by atoms with E-state index < -0.39 is 0 Å². The van der Waals surface area contributed by atoms with Gasteiger partial charge in [-0.3, -0.25) is 4.79 Å². The summed E-state index contributed by atoms with van der Waals surface area (Å²) < 4.78 is 1.06. The summed E-state index contributed by atoms with van der Waals surface area (Å²) >= 11 is 1.60. The molecule has 1 N–H and O–H groups in total. The van der Waals surface area contributed by atoms with E-state index >= 15 is 0 Å². The molecule has 0 saturated carbocycles. The van der Waals surface area contributed by atoms with E-state index in [1.54, 1.807) is 24.5 Å². The fraction of sp³-hybridized carbons (Fsp3) is 0.200. The summed E-state index contributed by atoms with van der Waals surface area (Å²) in [5.74, 6) is -0.0575. The SMILES string of the molecule is CNC(=O)c1ccc2nc(C)sc2c1. The maximum Gasteiger partial charge on any atom is 0.251 e. The number of nitrogens with zero attached hydrogens (tertiary/aromatic N) is 1. The third-order valence-electron chi connectivity index (χ3n) is 1.98. The lowest BCUT2D eigenvalue weighted by atomic mass is 10.2. The molecule has 0 atom stereocenters. The van der Waals surface area contributed by atoms with Gasteiger partial charge in [0.05, 0.1) is 15.2 Å². The fourth-order valence-corrected chi connectivity index (χ4v) is 2.19. The first-order valence-corrected chi connectivity index (χ1v) is 5.11. The second kappa shape index (κ2) is 3.38. The maximum atomic E-state index is 11.3. The summed E-state index contributed by atoms with van der Waals surface area (Å²) in [6, 6.07) is 5.54. The molecule has 0 spiro atoms. The summed E-state index contributed by atoms with van der Waals surface area (Å²) in [6.45, 7) is 1.96. The number of aryl methyl sites for hydroxylation is 1. The first-order chi connectivity index (χ1) is 6.70. The van der Waals surface area contributed by atoms with Crippen LogP contribution >= 0.6 is 11.3 Å². The van der Waals surface area contributed by atoms with Crippen molar-refractivity contribution in [3.8, 4) is 0 Å². The van der Waals surface area contributed by atoms with Gasteiger partial charge in [-0.15, -0.1) is 11.3 Å². The monoisotopic (exact) mass is 206 g/mol. The zero-order valence-electron chi connectivity index (χ0n) is 8.00. The van der Waals surface area contributed by atoms with Gasteiger partial charge in [0.25, 0.3) is 5.91 Å². The molecule has 0 bridgehead atoms. The van der Waals surface area contributed by atoms with E-state index in [4.69, 9.17) is 0 Å². The van der Waals surface area contributed by atoms with E-state index in [9.17, 15) is 4.79 Å². The van der Waals surface area contributed by atoms with Crippen LogP contribution in [0.3, 0.4) is 0 Å². The molecule has 0 aliphatic rings. The molecule has 72 valence electrons. The van der Waals surface area contributed by atoms with Crippen LogP contribution in [-0.4, -0.2) is 17.9 Å². The van der Waals surface area contributed by atoms with Crippen LogP contribution in [0.1, 0.15) is 15.4 Å². The summed E-state index contributed by atoms with van der Waals surface area (Å²) in [7, 11) is 1.63. The largest absolute Gasteiger partial charge is 0.355 e. The predicted molar refractivity (Wildman–Crippen MR) is 57.7 cm³/mol. The molecule has 0 radical (unpaired) electrons. The number of carbonyl (C=O) groups excluding carboxylic acids is 1. The molecule has 2 aromatic rings. The van der Waals surface area contributed by atoms with Crippen molar-refractivity contribution < 1.29 is 4.79 Å². The van der Waals surface area contributed by atoms with Crippen LogP contribution in [0.4, 0.5) is 0 Å². The number of benzene rings is 1. The molecule has 0 saturated heterocycles. The lowest BCUT2D eigenvalue weighted by Gasteiger charge is -1.97. The normalized spacial score (nSPS) is 10.4. The Morgan fingerprint density at radius 3 is 3.00 bits per heavy atom. The van der Waals surface area contributed by atoms with E-state index in [2.05, 4.69) is 10.3 Å². The average molecular weight is 206 g/mol. The quantitative estimate of drug-likeness (QED) is 0.775. The second-order valence-corrected chi connectivity index (χ2v) is 4.23. The van der Waals surface area contributed by atoms with Crippen molar-refractivity contribution in [2.24, 2.45) is 0 Å². The van der Waals surface area contributed by atoms with Crippen molar-refractivity contribution in [3.63, 3.8) is 0 Å². The standard InChI is InChI=1S/C10H10N2OS/c1-6-12-8-4-3-7(10(13)11-2)5-9(8)14-6/h3-5H,1-2H3,(H,11,13). The number of aromatic nitrogens is 1. The molecule has 0 aliphatic heterocycles. The lowest BCUT2D eigenvalue weighted by molar-refractivity contribution is 0.0963. The molecule has 4 heteroatoms. The Labute approximate surface area is 85.8 Å². The van der Waals surface area contributed by atoms with Gasteiger partial charge in [0.15, 0.2) is 0 Å². The minimum absolute atomic E-state index is 0.0575. The smallest absolute Gasteiger partial charge is 0.251 e. The van der Waals surface area contributed by atoms with Crippen molar-refractivity contribution in [2.45, 2.75) is 6.92 Å². The van der Waals surface area contributed by atoms with Gasteiger partial charge in [-0.05, 0) is 25.1 Å². The fourth-order valence-electron chi connectivity index (χ4n) is 1.33. The Morgan fingerprint density at radius 2 is 2.29 bits per heavy atom. The van der Waals surface area contributed by atoms with Crippen molar-refractivity contribution in [1.82, 2.24) is 10.3 Å². The van der Waals surface area contributed by atoms with Crippen molar-refractivity contribution in [2.75, 3.05) is 7.05 Å². The number of hydrogen-bond donors (Lipinski definition) is 1. The first-order valence-electron chi connectivity index (χ1n) is 4.30. The average Bonchev–Trinajstić information content (AvgIpc) is 2.55. The summed E-state index contributed by atoms with van der Waals surface area (Å²) in [5, 5.41) is 3.62. The minimum Gasteiger partial charge on any atom is -0.355 e. The Bertz CT molecular complexity index is 490. The van der Waals surface area contributed by atoms with Crippen molar-refractivity contribution in [1.29, 1.82) is 0 Å². The number of carbonyl (C=O) groups is 1. The highest BCUT2D eigenvalue weighted by atomic mass is 32.1. The third-order valence-corrected chi connectivity index (χ3v) is 2.92. The molecular weight excluding hydrogens is 196 g/mol. The lowest BCUT2D eigenvalue weighted by Crippen LogP contribution is -2.17. The van der Waals surface area contributed by atoms with Crippen LogP contribution < -0.4 is 5.32 Å². The van der Waals surface area contributed by atoms with Crippen molar-refractivity contribution >= 4 is 27.5 Å². The number of fused-ring (bicyclic) bond motifs is 1. The molecule has 14 heavy (non-hydrogen) atoms. The highest BCUT2D eigenvalue weighted by molar-refractivity contribution is 7.18. The van der Waals surface area contributed by atoms with Crippen LogP contribution in [0.25, 0.3) is 10.2 Å². The Morgan fingerprint density at radius 1 is 1.50 bits per heavy atom. The van der Waals surface area contributed by atoms with Crippen LogP contribution in [0.2, 0.25) is 0 Å². The minimum atomic E-state index is -0.0575. The second-order valence-electron chi connectivity index (χ2n) is 2.99. The van der Waals surface area contributed by atoms with Gasteiger partial charge in [0.1, 0.15) is 0 Å².